The van der Waals surface area contributed by atoms with Crippen LogP contribution >= 0.6 is 0 Å². The van der Waals surface area contributed by atoms with Crippen molar-refractivity contribution >= 4 is 23.2 Å². The van der Waals surface area contributed by atoms with Crippen LogP contribution in [-0.2, 0) is 4.74 Å². The average Bonchev–Trinajstić information content (AvgIpc) is 3.44. The standard InChI is InChI=1S/C25H28N4O2/c1-16-12-17(2)26-21(16)13-22-24(30-3)14-23(27-22)25-19(15-29-8-10-31-11-9-29)18-6-4-5-7-20(18)28-25/h4-7,12-15,26-28H,8-11H2,1-3H3/b19-15?,22-13?,25-23-. The number of nitrogens with zero attached hydrogens (tertiary/aromatic N) is 1. The number of morpholine rings is 1. The Labute approximate surface area is 180 Å². The van der Waals surface area contributed by atoms with Crippen LogP contribution in [-0.4, -0.2) is 53.3 Å². The summed E-state index contributed by atoms with van der Waals surface area (Å²) < 4.78 is 11.2. The number of benzene rings is 1. The van der Waals surface area contributed by atoms with Gasteiger partial charge < -0.3 is 29.3 Å². The number of aromatic nitrogens is 3. The first kappa shape index (κ1) is 19.6. The molecule has 0 saturated carbocycles. The van der Waals surface area contributed by atoms with E-state index in [9.17, 15) is 0 Å². The molecule has 6 heteroatoms. The van der Waals surface area contributed by atoms with E-state index in [1.54, 1.807) is 7.11 Å². The Bertz CT molecular complexity index is 1430. The lowest BCUT2D eigenvalue weighted by Crippen LogP contribution is -2.33. The molecule has 0 amide bonds. The Balaban J connectivity index is 1.80. The van der Waals surface area contributed by atoms with Crippen molar-refractivity contribution < 1.29 is 9.47 Å². The van der Waals surface area contributed by atoms with Gasteiger partial charge in [-0.05, 0) is 37.6 Å². The van der Waals surface area contributed by atoms with Gasteiger partial charge in [0.2, 0.25) is 0 Å². The predicted octanol–water partition coefficient (Wildman–Crippen LogP) is 2.64. The summed E-state index contributed by atoms with van der Waals surface area (Å²) in [5.74, 6) is 0.817. The monoisotopic (exact) mass is 416 g/mol. The van der Waals surface area contributed by atoms with E-state index in [4.69, 9.17) is 9.47 Å². The molecule has 1 fully saturated rings. The molecule has 1 aromatic carbocycles. The van der Waals surface area contributed by atoms with Gasteiger partial charge in [0.1, 0.15) is 5.75 Å². The number of ether oxygens (including phenoxy) is 2. The minimum absolute atomic E-state index is 0.762. The van der Waals surface area contributed by atoms with Crippen LogP contribution in [0.15, 0.2) is 36.4 Å². The molecule has 0 unspecified atom stereocenters. The van der Waals surface area contributed by atoms with Gasteiger partial charge in [0.05, 0.1) is 36.4 Å². The summed E-state index contributed by atoms with van der Waals surface area (Å²) >= 11 is 0. The summed E-state index contributed by atoms with van der Waals surface area (Å²) in [6.45, 7) is 7.50. The van der Waals surface area contributed by atoms with Crippen molar-refractivity contribution in [3.05, 3.63) is 74.6 Å². The molecule has 0 aliphatic carbocycles. The average molecular weight is 417 g/mol. The SMILES string of the molecule is COc1c/c(=c2/[nH]c3ccccc3c2=CN2CCOCC2)[nH]c1=Cc1[nH]c(C)cc1C. The van der Waals surface area contributed by atoms with Crippen molar-refractivity contribution in [1.82, 2.24) is 19.9 Å². The van der Waals surface area contributed by atoms with Crippen molar-refractivity contribution in [3.63, 3.8) is 0 Å². The van der Waals surface area contributed by atoms with Crippen LogP contribution in [0.25, 0.3) is 23.2 Å². The second kappa shape index (κ2) is 8.04. The molecule has 5 rings (SSSR count). The first-order valence-corrected chi connectivity index (χ1v) is 10.7. The van der Waals surface area contributed by atoms with Gasteiger partial charge in [-0.15, -0.1) is 0 Å². The van der Waals surface area contributed by atoms with Crippen molar-refractivity contribution in [2.45, 2.75) is 13.8 Å². The number of aryl methyl sites for hydroxylation is 2. The number of methoxy groups -OCH3 is 1. The van der Waals surface area contributed by atoms with E-state index in [1.165, 1.54) is 16.2 Å². The van der Waals surface area contributed by atoms with Gasteiger partial charge in [-0.2, -0.15) is 0 Å². The van der Waals surface area contributed by atoms with E-state index >= 15 is 0 Å². The molecular weight excluding hydrogens is 388 g/mol. The number of aromatic amines is 3. The molecule has 0 spiro atoms. The third-order valence-electron chi connectivity index (χ3n) is 5.88. The molecule has 0 bridgehead atoms. The molecule has 160 valence electrons. The van der Waals surface area contributed by atoms with Gasteiger partial charge in [0.25, 0.3) is 0 Å². The predicted molar refractivity (Wildman–Crippen MR) is 123 cm³/mol. The maximum absolute atomic E-state index is 5.70. The molecule has 4 heterocycles. The van der Waals surface area contributed by atoms with Crippen LogP contribution in [0.3, 0.4) is 0 Å². The lowest BCUT2D eigenvalue weighted by Gasteiger charge is -2.24. The number of nitrogens with one attached hydrogen (secondary N) is 3. The highest BCUT2D eigenvalue weighted by atomic mass is 16.5. The maximum Gasteiger partial charge on any atom is 0.144 e. The number of rotatable bonds is 3. The molecule has 3 aromatic heterocycles. The van der Waals surface area contributed by atoms with Gasteiger partial charge >= 0.3 is 0 Å². The second-order valence-electron chi connectivity index (χ2n) is 8.10. The molecule has 4 aromatic rings. The van der Waals surface area contributed by atoms with Crippen molar-refractivity contribution in [2.75, 3.05) is 33.4 Å². The smallest absolute Gasteiger partial charge is 0.144 e. The fourth-order valence-corrected chi connectivity index (χ4v) is 4.31. The Morgan fingerprint density at radius 1 is 1.03 bits per heavy atom. The molecule has 3 N–H and O–H groups in total. The summed E-state index contributed by atoms with van der Waals surface area (Å²) in [7, 11) is 1.71. The lowest BCUT2D eigenvalue weighted by atomic mass is 10.2. The zero-order chi connectivity index (χ0) is 21.4. The summed E-state index contributed by atoms with van der Waals surface area (Å²) in [4.78, 5) is 12.9. The first-order valence-electron chi connectivity index (χ1n) is 10.7. The fourth-order valence-electron chi connectivity index (χ4n) is 4.31. The summed E-state index contributed by atoms with van der Waals surface area (Å²) in [5.41, 5.74) is 4.56. The Morgan fingerprint density at radius 3 is 2.58 bits per heavy atom. The van der Waals surface area contributed by atoms with Crippen LogP contribution < -0.4 is 15.3 Å². The normalized spacial score (nSPS) is 17.1. The molecular formula is C25H28N4O2. The summed E-state index contributed by atoms with van der Waals surface area (Å²) in [5, 5.41) is 5.39. The molecule has 0 atom stereocenters. The molecule has 1 saturated heterocycles. The van der Waals surface area contributed by atoms with Crippen LogP contribution in [0, 0.1) is 24.5 Å². The van der Waals surface area contributed by atoms with Gasteiger partial charge in [-0.1, -0.05) is 18.2 Å². The molecule has 6 nitrogen and oxygen atoms in total. The quantitative estimate of drug-likeness (QED) is 0.481. The summed E-state index contributed by atoms with van der Waals surface area (Å²) in [6.07, 6.45) is 4.37. The van der Waals surface area contributed by atoms with Gasteiger partial charge in [-0.3, -0.25) is 0 Å². The molecule has 1 aliphatic heterocycles. The third-order valence-corrected chi connectivity index (χ3v) is 5.88. The van der Waals surface area contributed by atoms with Crippen LogP contribution in [0.4, 0.5) is 0 Å². The fraction of sp³-hybridized carbons (Fsp3) is 0.280. The number of hydrogen-bond donors (Lipinski definition) is 3. The zero-order valence-corrected chi connectivity index (χ0v) is 18.2. The Kier molecular flexibility index (Phi) is 5.08. The van der Waals surface area contributed by atoms with E-state index in [0.717, 1.165) is 65.0 Å². The van der Waals surface area contributed by atoms with E-state index in [-0.39, 0.29) is 0 Å². The number of fused-ring (bicyclic) bond motifs is 1. The van der Waals surface area contributed by atoms with Crippen molar-refractivity contribution in [3.8, 4) is 5.75 Å². The van der Waals surface area contributed by atoms with E-state index in [2.05, 4.69) is 82.4 Å². The second-order valence-corrected chi connectivity index (χ2v) is 8.10. The maximum atomic E-state index is 5.70. The topological polar surface area (TPSA) is 69.1 Å². The van der Waals surface area contributed by atoms with Gasteiger partial charge in [0.15, 0.2) is 0 Å². The highest BCUT2D eigenvalue weighted by Crippen LogP contribution is 2.12. The molecule has 31 heavy (non-hydrogen) atoms. The Hall–Kier alpha value is -3.38. The molecule has 0 radical (unpaired) electrons. The van der Waals surface area contributed by atoms with Gasteiger partial charge in [0, 0.05) is 52.9 Å². The third kappa shape index (κ3) is 3.75. The minimum atomic E-state index is 0.762. The highest BCUT2D eigenvalue weighted by molar-refractivity contribution is 5.80. The largest absolute Gasteiger partial charge is 0.494 e. The van der Waals surface area contributed by atoms with Crippen molar-refractivity contribution in [1.29, 1.82) is 0 Å². The lowest BCUT2D eigenvalue weighted by molar-refractivity contribution is 0.0663. The van der Waals surface area contributed by atoms with E-state index < -0.39 is 0 Å². The number of H-pyrrole nitrogens is 3. The van der Waals surface area contributed by atoms with Crippen LogP contribution in [0.5, 0.6) is 5.75 Å². The Morgan fingerprint density at radius 2 is 1.84 bits per heavy atom. The zero-order valence-electron chi connectivity index (χ0n) is 18.2. The highest BCUT2D eigenvalue weighted by Gasteiger charge is 2.09. The first-order chi connectivity index (χ1) is 15.1. The minimum Gasteiger partial charge on any atom is -0.494 e. The number of hydrogen-bond acceptors (Lipinski definition) is 3. The van der Waals surface area contributed by atoms with E-state index in [0.29, 0.717) is 0 Å². The van der Waals surface area contributed by atoms with Crippen LogP contribution in [0.1, 0.15) is 17.0 Å². The summed E-state index contributed by atoms with van der Waals surface area (Å²) in [6, 6.07) is 12.6. The number of para-hydroxylation sites is 1. The molecule has 1 aliphatic rings. The van der Waals surface area contributed by atoms with Crippen LogP contribution in [0.2, 0.25) is 0 Å². The van der Waals surface area contributed by atoms with Crippen molar-refractivity contribution in [2.24, 2.45) is 0 Å². The van der Waals surface area contributed by atoms with E-state index in [1.807, 2.05) is 0 Å². The van der Waals surface area contributed by atoms with Gasteiger partial charge in [-0.25, -0.2) is 0 Å².